The Hall–Kier alpha value is -1.49. The summed E-state index contributed by atoms with van der Waals surface area (Å²) in [6.45, 7) is 3.25. The van der Waals surface area contributed by atoms with Gasteiger partial charge in [0.1, 0.15) is 5.82 Å². The number of hydrogen-bond donors (Lipinski definition) is 2. The van der Waals surface area contributed by atoms with Crippen molar-refractivity contribution in [1.82, 2.24) is 20.6 Å². The molecule has 0 bridgehead atoms. The van der Waals surface area contributed by atoms with Gasteiger partial charge in [0.2, 0.25) is 5.91 Å². The molecule has 1 amide bonds. The van der Waals surface area contributed by atoms with Gasteiger partial charge in [-0.3, -0.25) is 4.79 Å². The highest BCUT2D eigenvalue weighted by atomic mass is 16.2. The third-order valence-electron chi connectivity index (χ3n) is 2.90. The van der Waals surface area contributed by atoms with Gasteiger partial charge in [-0.2, -0.15) is 0 Å². The van der Waals surface area contributed by atoms with Crippen molar-refractivity contribution in [2.24, 2.45) is 0 Å². The number of carbonyl (C=O) groups is 1. The first-order valence-electron chi connectivity index (χ1n) is 6.05. The van der Waals surface area contributed by atoms with Crippen LogP contribution < -0.4 is 10.6 Å². The van der Waals surface area contributed by atoms with Gasteiger partial charge >= 0.3 is 0 Å². The van der Waals surface area contributed by atoms with Crippen molar-refractivity contribution in [2.75, 3.05) is 6.54 Å². The van der Waals surface area contributed by atoms with E-state index >= 15 is 0 Å². The van der Waals surface area contributed by atoms with Crippen molar-refractivity contribution in [3.63, 3.8) is 0 Å². The molecule has 0 aliphatic carbocycles. The van der Waals surface area contributed by atoms with Gasteiger partial charge in [-0.1, -0.05) is 6.42 Å². The highest BCUT2D eigenvalue weighted by Gasteiger charge is 2.19. The standard InChI is InChI=1S/C12H18N4O/c1-9-13-7-5-10(16-9)8-15-12(17)11-4-2-3-6-14-11/h5,7,11,14H,2-4,6,8H2,1H3,(H,15,17)/t11-/m0/s1. The molecule has 0 spiro atoms. The predicted octanol–water partition coefficient (Wildman–Crippen LogP) is 0.543. The summed E-state index contributed by atoms with van der Waals surface area (Å²) >= 11 is 0. The van der Waals surface area contributed by atoms with Gasteiger partial charge in [-0.05, 0) is 32.4 Å². The Balaban J connectivity index is 1.83. The molecular formula is C12H18N4O. The normalized spacial score (nSPS) is 19.9. The molecule has 1 fully saturated rings. The lowest BCUT2D eigenvalue weighted by molar-refractivity contribution is -0.123. The first-order chi connectivity index (χ1) is 8.25. The summed E-state index contributed by atoms with van der Waals surface area (Å²) in [5, 5.41) is 6.13. The van der Waals surface area contributed by atoms with Crippen LogP contribution in [0.5, 0.6) is 0 Å². The lowest BCUT2D eigenvalue weighted by Crippen LogP contribution is -2.46. The van der Waals surface area contributed by atoms with Gasteiger partial charge in [-0.15, -0.1) is 0 Å². The summed E-state index contributed by atoms with van der Waals surface area (Å²) in [6.07, 6.45) is 4.92. The molecule has 2 rings (SSSR count). The average molecular weight is 234 g/mol. The van der Waals surface area contributed by atoms with E-state index < -0.39 is 0 Å². The number of rotatable bonds is 3. The number of amides is 1. The molecule has 1 aromatic rings. The fourth-order valence-corrected chi connectivity index (χ4v) is 1.98. The average Bonchev–Trinajstić information content (AvgIpc) is 2.37. The minimum absolute atomic E-state index is 0.0355. The smallest absolute Gasteiger partial charge is 0.237 e. The SMILES string of the molecule is Cc1nccc(CNC(=O)[C@@H]2CCCCN2)n1. The number of piperidine rings is 1. The van der Waals surface area contributed by atoms with Crippen LogP contribution in [-0.2, 0) is 11.3 Å². The van der Waals surface area contributed by atoms with Crippen LogP contribution >= 0.6 is 0 Å². The molecule has 2 N–H and O–H groups in total. The minimum atomic E-state index is -0.0355. The Bertz CT molecular complexity index is 388. The van der Waals surface area contributed by atoms with E-state index in [1.54, 1.807) is 6.20 Å². The molecule has 1 atom stereocenters. The van der Waals surface area contributed by atoms with Gasteiger partial charge in [0.25, 0.3) is 0 Å². The second-order valence-corrected chi connectivity index (χ2v) is 4.32. The van der Waals surface area contributed by atoms with E-state index in [0.29, 0.717) is 6.54 Å². The first kappa shape index (κ1) is 12.0. The Morgan fingerprint density at radius 2 is 2.47 bits per heavy atom. The highest BCUT2D eigenvalue weighted by Crippen LogP contribution is 2.07. The molecule has 1 aliphatic rings. The summed E-state index contributed by atoms with van der Waals surface area (Å²) in [6, 6.07) is 1.79. The van der Waals surface area contributed by atoms with Crippen LogP contribution in [0.25, 0.3) is 0 Å². The third kappa shape index (κ3) is 3.49. The lowest BCUT2D eigenvalue weighted by Gasteiger charge is -2.22. The van der Waals surface area contributed by atoms with Crippen molar-refractivity contribution in [3.05, 3.63) is 23.8 Å². The van der Waals surface area contributed by atoms with Crippen LogP contribution in [0.15, 0.2) is 12.3 Å². The molecule has 0 unspecified atom stereocenters. The Morgan fingerprint density at radius 3 is 3.18 bits per heavy atom. The van der Waals surface area contributed by atoms with E-state index in [1.165, 1.54) is 0 Å². The summed E-state index contributed by atoms with van der Waals surface area (Å²) in [7, 11) is 0. The Labute approximate surface area is 101 Å². The summed E-state index contributed by atoms with van der Waals surface area (Å²) < 4.78 is 0. The molecular weight excluding hydrogens is 216 g/mol. The Morgan fingerprint density at radius 1 is 1.59 bits per heavy atom. The van der Waals surface area contributed by atoms with E-state index in [4.69, 9.17) is 0 Å². The van der Waals surface area contributed by atoms with Gasteiger partial charge in [0.15, 0.2) is 0 Å². The molecule has 0 saturated carbocycles. The number of aryl methyl sites for hydroxylation is 1. The number of hydrogen-bond acceptors (Lipinski definition) is 4. The van der Waals surface area contributed by atoms with Gasteiger partial charge in [0, 0.05) is 6.20 Å². The second kappa shape index (κ2) is 5.72. The van der Waals surface area contributed by atoms with Crippen LogP contribution in [0, 0.1) is 6.92 Å². The molecule has 5 nitrogen and oxygen atoms in total. The number of nitrogens with one attached hydrogen (secondary N) is 2. The Kier molecular flexibility index (Phi) is 4.03. The number of aromatic nitrogens is 2. The second-order valence-electron chi connectivity index (χ2n) is 4.32. The van der Waals surface area contributed by atoms with Crippen LogP contribution in [0.2, 0.25) is 0 Å². The van der Waals surface area contributed by atoms with Gasteiger partial charge < -0.3 is 10.6 Å². The van der Waals surface area contributed by atoms with Crippen molar-refractivity contribution >= 4 is 5.91 Å². The fraction of sp³-hybridized carbons (Fsp3) is 0.583. The predicted molar refractivity (Wildman–Crippen MR) is 64.3 cm³/mol. The van der Waals surface area contributed by atoms with Crippen LogP contribution in [0.1, 0.15) is 30.8 Å². The highest BCUT2D eigenvalue weighted by molar-refractivity contribution is 5.81. The molecule has 2 heterocycles. The van der Waals surface area contributed by atoms with Crippen molar-refractivity contribution in [3.8, 4) is 0 Å². The van der Waals surface area contributed by atoms with Crippen molar-refractivity contribution in [1.29, 1.82) is 0 Å². The molecule has 1 aliphatic heterocycles. The molecule has 17 heavy (non-hydrogen) atoms. The van der Waals surface area contributed by atoms with Crippen molar-refractivity contribution < 1.29 is 4.79 Å². The van der Waals surface area contributed by atoms with Crippen LogP contribution in [-0.4, -0.2) is 28.5 Å². The van der Waals surface area contributed by atoms with Gasteiger partial charge in [-0.25, -0.2) is 9.97 Å². The lowest BCUT2D eigenvalue weighted by atomic mass is 10.0. The summed E-state index contributed by atoms with van der Waals surface area (Å²) in [5.74, 6) is 0.800. The van der Waals surface area contributed by atoms with E-state index in [9.17, 15) is 4.79 Å². The maximum Gasteiger partial charge on any atom is 0.237 e. The third-order valence-corrected chi connectivity index (χ3v) is 2.90. The zero-order valence-corrected chi connectivity index (χ0v) is 10.1. The number of carbonyl (C=O) groups excluding carboxylic acids is 1. The summed E-state index contributed by atoms with van der Waals surface area (Å²) in [4.78, 5) is 20.1. The zero-order chi connectivity index (χ0) is 12.1. The largest absolute Gasteiger partial charge is 0.349 e. The fourth-order valence-electron chi connectivity index (χ4n) is 1.98. The quantitative estimate of drug-likeness (QED) is 0.801. The van der Waals surface area contributed by atoms with E-state index in [-0.39, 0.29) is 11.9 Å². The van der Waals surface area contributed by atoms with Gasteiger partial charge in [0.05, 0.1) is 18.3 Å². The first-order valence-corrected chi connectivity index (χ1v) is 6.05. The van der Waals surface area contributed by atoms with Crippen LogP contribution in [0.4, 0.5) is 0 Å². The molecule has 92 valence electrons. The topological polar surface area (TPSA) is 66.9 Å². The molecule has 1 aromatic heterocycles. The maximum atomic E-state index is 11.8. The van der Waals surface area contributed by atoms with Crippen molar-refractivity contribution in [2.45, 2.75) is 38.8 Å². The number of nitrogens with zero attached hydrogens (tertiary/aromatic N) is 2. The van der Waals surface area contributed by atoms with E-state index in [2.05, 4.69) is 20.6 Å². The van der Waals surface area contributed by atoms with Crippen LogP contribution in [0.3, 0.4) is 0 Å². The molecule has 5 heteroatoms. The van der Waals surface area contributed by atoms with E-state index in [0.717, 1.165) is 37.3 Å². The minimum Gasteiger partial charge on any atom is -0.349 e. The molecule has 0 aromatic carbocycles. The summed E-state index contributed by atoms with van der Waals surface area (Å²) in [5.41, 5.74) is 0.849. The monoisotopic (exact) mass is 234 g/mol. The molecule has 1 saturated heterocycles. The maximum absolute atomic E-state index is 11.8. The van der Waals surface area contributed by atoms with E-state index in [1.807, 2.05) is 13.0 Å². The molecule has 0 radical (unpaired) electrons. The zero-order valence-electron chi connectivity index (χ0n) is 10.1.